The van der Waals surface area contributed by atoms with Gasteiger partial charge in [-0.2, -0.15) is 0 Å². The lowest BCUT2D eigenvalue weighted by atomic mass is 9.93. The fourth-order valence-corrected chi connectivity index (χ4v) is 2.65. The Kier molecular flexibility index (Phi) is 5.05. The Morgan fingerprint density at radius 3 is 2.95 bits per heavy atom. The first kappa shape index (κ1) is 14.2. The third-order valence-electron chi connectivity index (χ3n) is 3.94. The summed E-state index contributed by atoms with van der Waals surface area (Å²) in [6.45, 7) is 6.06. The van der Waals surface area contributed by atoms with Gasteiger partial charge in [0.2, 0.25) is 0 Å². The predicted molar refractivity (Wildman–Crippen MR) is 74.4 cm³/mol. The molecule has 1 aliphatic rings. The average molecular weight is 265 g/mol. The monoisotopic (exact) mass is 265 g/mol. The van der Waals surface area contributed by atoms with E-state index in [0.717, 1.165) is 26.1 Å². The molecule has 19 heavy (non-hydrogen) atoms. The zero-order valence-corrected chi connectivity index (χ0v) is 11.5. The Labute approximate surface area is 114 Å². The molecule has 2 unspecified atom stereocenters. The first-order valence-electron chi connectivity index (χ1n) is 6.98. The molecule has 1 heterocycles. The normalized spacial score (nSPS) is 21.5. The van der Waals surface area contributed by atoms with Crippen LogP contribution in [0.2, 0.25) is 0 Å². The predicted octanol–water partition coefficient (Wildman–Crippen LogP) is 1.72. The molecule has 1 aliphatic heterocycles. The number of phenolic OH excluding ortho intramolecular Hbond substituents is 1. The van der Waals surface area contributed by atoms with E-state index in [1.165, 1.54) is 0 Å². The smallest absolute Gasteiger partial charge is 0.122 e. The van der Waals surface area contributed by atoms with Crippen molar-refractivity contribution in [3.63, 3.8) is 0 Å². The lowest BCUT2D eigenvalue weighted by Crippen LogP contribution is -2.28. The van der Waals surface area contributed by atoms with Crippen LogP contribution in [0.1, 0.15) is 13.3 Å². The van der Waals surface area contributed by atoms with Crippen LogP contribution in [0, 0.1) is 11.8 Å². The number of ether oxygens (including phenoxy) is 1. The molecular weight excluding hydrogens is 242 g/mol. The van der Waals surface area contributed by atoms with Gasteiger partial charge in [0.05, 0.1) is 6.61 Å². The van der Waals surface area contributed by atoms with Crippen molar-refractivity contribution in [1.29, 1.82) is 0 Å². The third kappa shape index (κ3) is 3.85. The molecule has 0 saturated carbocycles. The maximum absolute atomic E-state index is 9.53. The van der Waals surface area contributed by atoms with Gasteiger partial charge in [-0.1, -0.05) is 13.0 Å². The molecule has 106 valence electrons. The number of hydrogen-bond acceptors (Lipinski definition) is 4. The van der Waals surface area contributed by atoms with Gasteiger partial charge in [-0.05, 0) is 37.6 Å². The van der Waals surface area contributed by atoms with Crippen molar-refractivity contribution < 1.29 is 14.9 Å². The first-order chi connectivity index (χ1) is 9.22. The highest BCUT2D eigenvalue weighted by atomic mass is 16.5. The van der Waals surface area contributed by atoms with Crippen molar-refractivity contribution in [2.45, 2.75) is 13.3 Å². The van der Waals surface area contributed by atoms with Gasteiger partial charge in [-0.3, -0.25) is 0 Å². The Morgan fingerprint density at radius 1 is 1.47 bits per heavy atom. The largest absolute Gasteiger partial charge is 0.508 e. The van der Waals surface area contributed by atoms with Crippen LogP contribution in [0.15, 0.2) is 24.3 Å². The van der Waals surface area contributed by atoms with Crippen molar-refractivity contribution in [3.05, 3.63) is 24.3 Å². The van der Waals surface area contributed by atoms with Gasteiger partial charge in [-0.25, -0.2) is 0 Å². The average Bonchev–Trinajstić information content (AvgIpc) is 2.88. The molecule has 0 amide bonds. The van der Waals surface area contributed by atoms with Crippen LogP contribution in [0.25, 0.3) is 0 Å². The Morgan fingerprint density at radius 2 is 2.32 bits per heavy atom. The topological polar surface area (TPSA) is 52.9 Å². The molecule has 1 fully saturated rings. The molecule has 2 rings (SSSR count). The summed E-state index contributed by atoms with van der Waals surface area (Å²) >= 11 is 0. The molecule has 0 aliphatic carbocycles. The van der Waals surface area contributed by atoms with E-state index < -0.39 is 0 Å². The van der Waals surface area contributed by atoms with Gasteiger partial charge >= 0.3 is 0 Å². The fraction of sp³-hybridized carbons (Fsp3) is 0.600. The zero-order chi connectivity index (χ0) is 13.7. The van der Waals surface area contributed by atoms with Gasteiger partial charge in [0, 0.05) is 25.1 Å². The van der Waals surface area contributed by atoms with Crippen molar-refractivity contribution in [3.8, 4) is 11.5 Å². The van der Waals surface area contributed by atoms with Gasteiger partial charge in [-0.15, -0.1) is 0 Å². The van der Waals surface area contributed by atoms with E-state index in [1.54, 1.807) is 18.2 Å². The lowest BCUT2D eigenvalue weighted by molar-refractivity contribution is 0.119. The standard InChI is InChI=1S/C15H23NO3/c1-2-16-7-6-12(9-16)13(10-17)11-19-15-5-3-4-14(18)8-15/h3-5,8,12-13,17-18H,2,6-7,9-11H2,1H3. The number of rotatable bonds is 6. The second-order valence-corrected chi connectivity index (χ2v) is 5.19. The quantitative estimate of drug-likeness (QED) is 0.822. The van der Waals surface area contributed by atoms with Crippen LogP contribution in [-0.2, 0) is 0 Å². The van der Waals surface area contributed by atoms with Gasteiger partial charge < -0.3 is 19.8 Å². The second-order valence-electron chi connectivity index (χ2n) is 5.19. The number of phenols is 1. The van der Waals surface area contributed by atoms with Crippen molar-refractivity contribution in [2.75, 3.05) is 32.8 Å². The summed E-state index contributed by atoms with van der Waals surface area (Å²) in [6.07, 6.45) is 1.13. The van der Waals surface area contributed by atoms with E-state index in [1.807, 2.05) is 6.07 Å². The highest BCUT2D eigenvalue weighted by Gasteiger charge is 2.28. The fourth-order valence-electron chi connectivity index (χ4n) is 2.65. The first-order valence-corrected chi connectivity index (χ1v) is 6.98. The number of hydrogen-bond donors (Lipinski definition) is 2. The molecule has 1 aromatic rings. The number of nitrogens with zero attached hydrogens (tertiary/aromatic N) is 1. The minimum atomic E-state index is 0.154. The maximum atomic E-state index is 9.53. The van der Waals surface area contributed by atoms with E-state index in [9.17, 15) is 10.2 Å². The summed E-state index contributed by atoms with van der Waals surface area (Å²) in [5.74, 6) is 1.53. The number of benzene rings is 1. The summed E-state index contributed by atoms with van der Waals surface area (Å²) in [5, 5.41) is 18.9. The molecule has 0 spiro atoms. The van der Waals surface area contributed by atoms with E-state index >= 15 is 0 Å². The molecule has 4 nitrogen and oxygen atoms in total. The number of aromatic hydroxyl groups is 1. The summed E-state index contributed by atoms with van der Waals surface area (Å²) < 4.78 is 5.68. The van der Waals surface area contributed by atoms with Gasteiger partial charge in [0.15, 0.2) is 0 Å². The third-order valence-corrected chi connectivity index (χ3v) is 3.94. The Hall–Kier alpha value is -1.26. The van der Waals surface area contributed by atoms with E-state index in [0.29, 0.717) is 18.3 Å². The molecule has 2 atom stereocenters. The minimum Gasteiger partial charge on any atom is -0.508 e. The Balaban J connectivity index is 1.86. The summed E-state index contributed by atoms with van der Waals surface area (Å²) in [5.41, 5.74) is 0. The van der Waals surface area contributed by atoms with Crippen LogP contribution >= 0.6 is 0 Å². The van der Waals surface area contributed by atoms with E-state index in [-0.39, 0.29) is 18.3 Å². The highest BCUT2D eigenvalue weighted by Crippen LogP contribution is 2.25. The molecule has 0 aromatic heterocycles. The van der Waals surface area contributed by atoms with E-state index in [2.05, 4.69) is 11.8 Å². The van der Waals surface area contributed by atoms with Crippen molar-refractivity contribution in [2.24, 2.45) is 11.8 Å². The van der Waals surface area contributed by atoms with Crippen LogP contribution in [0.5, 0.6) is 11.5 Å². The molecule has 1 saturated heterocycles. The van der Waals surface area contributed by atoms with Crippen molar-refractivity contribution >= 4 is 0 Å². The van der Waals surface area contributed by atoms with Gasteiger partial charge in [0.25, 0.3) is 0 Å². The van der Waals surface area contributed by atoms with Crippen LogP contribution < -0.4 is 4.74 Å². The molecule has 2 N–H and O–H groups in total. The van der Waals surface area contributed by atoms with Crippen LogP contribution in [0.4, 0.5) is 0 Å². The maximum Gasteiger partial charge on any atom is 0.122 e. The van der Waals surface area contributed by atoms with E-state index in [4.69, 9.17) is 4.74 Å². The molecule has 0 radical (unpaired) electrons. The molecule has 1 aromatic carbocycles. The minimum absolute atomic E-state index is 0.154. The van der Waals surface area contributed by atoms with Crippen molar-refractivity contribution in [1.82, 2.24) is 4.90 Å². The molecular formula is C15H23NO3. The van der Waals surface area contributed by atoms with Crippen LogP contribution in [0.3, 0.4) is 0 Å². The summed E-state index contributed by atoms with van der Waals surface area (Å²) in [6, 6.07) is 6.79. The second kappa shape index (κ2) is 6.78. The molecule has 0 bridgehead atoms. The summed E-state index contributed by atoms with van der Waals surface area (Å²) in [7, 11) is 0. The number of likely N-dealkylation sites (tertiary alicyclic amines) is 1. The SMILES string of the molecule is CCN1CCC(C(CO)COc2cccc(O)c2)C1. The number of aliphatic hydroxyl groups is 1. The number of aliphatic hydroxyl groups excluding tert-OH is 1. The lowest BCUT2D eigenvalue weighted by Gasteiger charge is -2.22. The highest BCUT2D eigenvalue weighted by molar-refractivity contribution is 5.31. The zero-order valence-electron chi connectivity index (χ0n) is 11.5. The molecule has 4 heteroatoms. The summed E-state index contributed by atoms with van der Waals surface area (Å²) in [4.78, 5) is 2.40. The van der Waals surface area contributed by atoms with Gasteiger partial charge in [0.1, 0.15) is 11.5 Å². The Bertz CT molecular complexity index is 397. The van der Waals surface area contributed by atoms with Crippen LogP contribution in [-0.4, -0.2) is 48.0 Å².